The van der Waals surface area contributed by atoms with Crippen LogP contribution in [0.5, 0.6) is 0 Å². The molecule has 3 aromatic rings. The molecule has 2 aromatic carbocycles. The molecule has 0 aliphatic rings. The molecule has 0 saturated carbocycles. The molecule has 0 radical (unpaired) electrons. The molecule has 0 bridgehead atoms. The van der Waals surface area contributed by atoms with Gasteiger partial charge in [0.05, 0.1) is 5.56 Å². The summed E-state index contributed by atoms with van der Waals surface area (Å²) in [6.07, 6.45) is 1.57. The fraction of sp³-hybridized carbons (Fsp3) is 0.182. The van der Waals surface area contributed by atoms with Crippen LogP contribution in [0.4, 0.5) is 22.9 Å². The molecule has 1 amide bonds. The fourth-order valence-electron chi connectivity index (χ4n) is 2.82. The minimum Gasteiger partial charge on any atom is -0.372 e. The molecule has 0 fully saturated rings. The van der Waals surface area contributed by atoms with Crippen molar-refractivity contribution < 1.29 is 4.79 Å². The maximum atomic E-state index is 12.3. The van der Waals surface area contributed by atoms with E-state index in [1.807, 2.05) is 42.5 Å². The number of amides is 1. The second kappa shape index (κ2) is 8.85. The maximum Gasteiger partial charge on any atom is 0.257 e. The van der Waals surface area contributed by atoms with Crippen LogP contribution in [0.2, 0.25) is 0 Å². The second-order valence-corrected chi connectivity index (χ2v) is 6.10. The third-order valence-corrected chi connectivity index (χ3v) is 4.33. The average molecular weight is 360 g/mol. The Morgan fingerprint density at radius 3 is 2.19 bits per heavy atom. The first-order valence-corrected chi connectivity index (χ1v) is 9.14. The van der Waals surface area contributed by atoms with E-state index in [1.165, 1.54) is 5.69 Å². The zero-order valence-electron chi connectivity index (χ0n) is 15.6. The van der Waals surface area contributed by atoms with Crippen LogP contribution in [-0.2, 0) is 0 Å². The summed E-state index contributed by atoms with van der Waals surface area (Å²) in [6, 6.07) is 21.2. The zero-order valence-corrected chi connectivity index (χ0v) is 15.6. The predicted octanol–water partition coefficient (Wildman–Crippen LogP) is 4.92. The van der Waals surface area contributed by atoms with Gasteiger partial charge in [-0.1, -0.05) is 18.2 Å². The van der Waals surface area contributed by atoms with Gasteiger partial charge in [0.25, 0.3) is 5.91 Å². The third kappa shape index (κ3) is 4.85. The molecule has 5 nitrogen and oxygen atoms in total. The Kier molecular flexibility index (Phi) is 6.05. The molecular weight excluding hydrogens is 336 g/mol. The number of anilines is 4. The number of carbonyl (C=O) groups excluding carboxylic acids is 1. The largest absolute Gasteiger partial charge is 0.372 e. The quantitative estimate of drug-likeness (QED) is 0.628. The van der Waals surface area contributed by atoms with Gasteiger partial charge >= 0.3 is 0 Å². The molecule has 5 heteroatoms. The van der Waals surface area contributed by atoms with Gasteiger partial charge < -0.3 is 15.5 Å². The van der Waals surface area contributed by atoms with Gasteiger partial charge in [-0.25, -0.2) is 4.98 Å². The molecule has 0 aliphatic heterocycles. The van der Waals surface area contributed by atoms with Crippen molar-refractivity contribution in [3.63, 3.8) is 0 Å². The van der Waals surface area contributed by atoms with Crippen LogP contribution in [0.15, 0.2) is 72.9 Å². The predicted molar refractivity (Wildman–Crippen MR) is 112 cm³/mol. The van der Waals surface area contributed by atoms with Gasteiger partial charge in [-0.15, -0.1) is 0 Å². The fourth-order valence-corrected chi connectivity index (χ4v) is 2.82. The molecule has 27 heavy (non-hydrogen) atoms. The highest BCUT2D eigenvalue weighted by Crippen LogP contribution is 2.20. The van der Waals surface area contributed by atoms with E-state index in [4.69, 9.17) is 0 Å². The molecule has 0 unspecified atom stereocenters. The Morgan fingerprint density at radius 1 is 0.889 bits per heavy atom. The lowest BCUT2D eigenvalue weighted by atomic mass is 10.2. The molecule has 1 heterocycles. The highest BCUT2D eigenvalue weighted by atomic mass is 16.1. The summed E-state index contributed by atoms with van der Waals surface area (Å²) in [6.45, 7) is 6.26. The third-order valence-electron chi connectivity index (χ3n) is 4.33. The summed E-state index contributed by atoms with van der Waals surface area (Å²) in [4.78, 5) is 18.9. The Hall–Kier alpha value is -3.34. The summed E-state index contributed by atoms with van der Waals surface area (Å²) in [7, 11) is 0. The number of hydrogen-bond donors (Lipinski definition) is 2. The van der Waals surface area contributed by atoms with Gasteiger partial charge in [0.15, 0.2) is 0 Å². The molecule has 0 atom stereocenters. The van der Waals surface area contributed by atoms with Gasteiger partial charge in [0.1, 0.15) is 5.82 Å². The summed E-state index contributed by atoms with van der Waals surface area (Å²) in [5.41, 5.74) is 3.44. The summed E-state index contributed by atoms with van der Waals surface area (Å²) in [5.74, 6) is 0.519. The first kappa shape index (κ1) is 18.5. The Morgan fingerprint density at radius 2 is 1.59 bits per heavy atom. The minimum atomic E-state index is -0.177. The molecule has 0 spiro atoms. The number of benzene rings is 2. The summed E-state index contributed by atoms with van der Waals surface area (Å²) < 4.78 is 0. The Balaban J connectivity index is 1.63. The van der Waals surface area contributed by atoms with E-state index in [0.29, 0.717) is 11.4 Å². The van der Waals surface area contributed by atoms with Crippen molar-refractivity contribution in [2.24, 2.45) is 0 Å². The van der Waals surface area contributed by atoms with Crippen LogP contribution < -0.4 is 15.5 Å². The number of nitrogens with zero attached hydrogens (tertiary/aromatic N) is 2. The first-order chi connectivity index (χ1) is 13.2. The van der Waals surface area contributed by atoms with Crippen molar-refractivity contribution in [2.75, 3.05) is 28.6 Å². The number of rotatable bonds is 7. The molecule has 2 N–H and O–H groups in total. The maximum absolute atomic E-state index is 12.3. The summed E-state index contributed by atoms with van der Waals surface area (Å²) in [5, 5.41) is 6.11. The molecule has 3 rings (SSSR count). The van der Waals surface area contributed by atoms with Crippen LogP contribution in [0.1, 0.15) is 24.2 Å². The van der Waals surface area contributed by atoms with Gasteiger partial charge in [0.2, 0.25) is 0 Å². The Bertz CT molecular complexity index is 857. The number of carbonyl (C=O) groups is 1. The summed E-state index contributed by atoms with van der Waals surface area (Å²) >= 11 is 0. The van der Waals surface area contributed by atoms with Crippen LogP contribution in [0, 0.1) is 0 Å². The van der Waals surface area contributed by atoms with Crippen molar-refractivity contribution in [1.82, 2.24) is 4.98 Å². The van der Waals surface area contributed by atoms with Crippen molar-refractivity contribution >= 4 is 28.8 Å². The van der Waals surface area contributed by atoms with E-state index in [-0.39, 0.29) is 5.91 Å². The highest BCUT2D eigenvalue weighted by molar-refractivity contribution is 6.04. The standard InChI is InChI=1S/C22H24N4O/c1-3-26(4-2)20-13-11-19(12-14-20)24-21-15-10-17(16-23-21)22(27)25-18-8-6-5-7-9-18/h5-16H,3-4H2,1-2H3,(H,23,24)(H,25,27). The molecule has 0 saturated heterocycles. The van der Waals surface area contributed by atoms with Gasteiger partial charge in [-0.2, -0.15) is 0 Å². The molecule has 1 aromatic heterocycles. The van der Waals surface area contributed by atoms with Crippen LogP contribution in [0.25, 0.3) is 0 Å². The minimum absolute atomic E-state index is 0.177. The lowest BCUT2D eigenvalue weighted by Crippen LogP contribution is -2.21. The molecule has 138 valence electrons. The topological polar surface area (TPSA) is 57.3 Å². The van der Waals surface area contributed by atoms with Gasteiger partial charge in [0, 0.05) is 36.3 Å². The lowest BCUT2D eigenvalue weighted by Gasteiger charge is -2.21. The van der Waals surface area contributed by atoms with Crippen molar-refractivity contribution in [1.29, 1.82) is 0 Å². The number of aromatic nitrogens is 1. The number of para-hydroxylation sites is 1. The SMILES string of the molecule is CCN(CC)c1ccc(Nc2ccc(C(=O)Nc3ccccc3)cn2)cc1. The monoisotopic (exact) mass is 360 g/mol. The van der Waals surface area contributed by atoms with Crippen LogP contribution in [0.3, 0.4) is 0 Å². The van der Waals surface area contributed by atoms with E-state index in [0.717, 1.165) is 24.5 Å². The van der Waals surface area contributed by atoms with Crippen molar-refractivity contribution in [3.8, 4) is 0 Å². The number of pyridine rings is 1. The average Bonchev–Trinajstić information content (AvgIpc) is 2.71. The van der Waals surface area contributed by atoms with E-state index in [2.05, 4.69) is 46.5 Å². The van der Waals surface area contributed by atoms with Gasteiger partial charge in [-0.3, -0.25) is 4.79 Å². The van der Waals surface area contributed by atoms with E-state index in [9.17, 15) is 4.79 Å². The van der Waals surface area contributed by atoms with Crippen molar-refractivity contribution in [3.05, 3.63) is 78.5 Å². The van der Waals surface area contributed by atoms with Crippen LogP contribution in [-0.4, -0.2) is 24.0 Å². The van der Waals surface area contributed by atoms with Gasteiger partial charge in [-0.05, 0) is 62.4 Å². The zero-order chi connectivity index (χ0) is 19.1. The highest BCUT2D eigenvalue weighted by Gasteiger charge is 2.07. The number of nitrogens with one attached hydrogen (secondary N) is 2. The van der Waals surface area contributed by atoms with Crippen LogP contribution >= 0.6 is 0 Å². The Labute approximate surface area is 160 Å². The van der Waals surface area contributed by atoms with E-state index < -0.39 is 0 Å². The molecule has 0 aliphatic carbocycles. The lowest BCUT2D eigenvalue weighted by molar-refractivity contribution is 0.102. The van der Waals surface area contributed by atoms with Crippen molar-refractivity contribution in [2.45, 2.75) is 13.8 Å². The first-order valence-electron chi connectivity index (χ1n) is 9.14. The normalized spacial score (nSPS) is 10.3. The van der Waals surface area contributed by atoms with E-state index in [1.54, 1.807) is 18.3 Å². The number of hydrogen-bond acceptors (Lipinski definition) is 4. The smallest absolute Gasteiger partial charge is 0.257 e. The van der Waals surface area contributed by atoms with E-state index >= 15 is 0 Å². The molecular formula is C22H24N4O. The second-order valence-electron chi connectivity index (χ2n) is 6.10.